The van der Waals surface area contributed by atoms with Gasteiger partial charge in [0, 0.05) is 12.8 Å². The molecule has 0 saturated heterocycles. The molecule has 6 nitrogen and oxygen atoms in total. The Morgan fingerprint density at radius 1 is 1.24 bits per heavy atom. The maximum atomic E-state index is 12.0. The molecule has 0 spiro atoms. The summed E-state index contributed by atoms with van der Waals surface area (Å²) in [5, 5.41) is 11.6. The molecule has 2 rings (SSSR count). The molecular formula is C18H15ClN2O4. The smallest absolute Gasteiger partial charge is 0.338 e. The first-order valence-electron chi connectivity index (χ1n) is 7.28. The molecule has 128 valence electrons. The number of carbonyl (C=O) groups excluding carboxylic acids is 2. The van der Waals surface area contributed by atoms with Gasteiger partial charge >= 0.3 is 5.97 Å². The number of anilines is 1. The monoisotopic (exact) mass is 358 g/mol. The lowest BCUT2D eigenvalue weighted by Gasteiger charge is -2.08. The molecule has 0 saturated carbocycles. The van der Waals surface area contributed by atoms with Gasteiger partial charge < -0.3 is 14.8 Å². The summed E-state index contributed by atoms with van der Waals surface area (Å²) in [6, 6.07) is 13.2. The van der Waals surface area contributed by atoms with Gasteiger partial charge in [0.05, 0.1) is 22.8 Å². The number of amides is 1. The van der Waals surface area contributed by atoms with Crippen LogP contribution in [-0.2, 0) is 20.9 Å². The molecule has 0 aromatic heterocycles. The first kappa shape index (κ1) is 18.5. The molecule has 1 amide bonds. The van der Waals surface area contributed by atoms with Crippen LogP contribution in [0.1, 0.15) is 21.5 Å². The van der Waals surface area contributed by atoms with Gasteiger partial charge in [-0.1, -0.05) is 23.7 Å². The van der Waals surface area contributed by atoms with E-state index < -0.39 is 18.5 Å². The number of hydrogen-bond acceptors (Lipinski definition) is 5. The number of nitrogens with one attached hydrogen (secondary N) is 1. The SMILES string of the molecule is COCc1cccc(C(=O)OCC(=O)Nc2ccc(C#N)c(Cl)c2)c1. The van der Waals surface area contributed by atoms with Crippen LogP contribution in [-0.4, -0.2) is 25.6 Å². The van der Waals surface area contributed by atoms with E-state index in [0.717, 1.165) is 5.56 Å². The van der Waals surface area contributed by atoms with E-state index in [9.17, 15) is 9.59 Å². The van der Waals surface area contributed by atoms with Crippen LogP contribution in [0.3, 0.4) is 0 Å². The Labute approximate surface area is 149 Å². The van der Waals surface area contributed by atoms with Gasteiger partial charge in [0.25, 0.3) is 5.91 Å². The van der Waals surface area contributed by atoms with E-state index in [2.05, 4.69) is 5.32 Å². The van der Waals surface area contributed by atoms with Gasteiger partial charge in [-0.25, -0.2) is 4.79 Å². The van der Waals surface area contributed by atoms with Crippen molar-refractivity contribution in [3.05, 3.63) is 64.2 Å². The second kappa shape index (κ2) is 8.83. The number of benzene rings is 2. The van der Waals surface area contributed by atoms with Crippen LogP contribution < -0.4 is 5.32 Å². The number of methoxy groups -OCH3 is 1. The molecule has 7 heteroatoms. The highest BCUT2D eigenvalue weighted by Gasteiger charge is 2.11. The summed E-state index contributed by atoms with van der Waals surface area (Å²) in [4.78, 5) is 23.9. The predicted molar refractivity (Wildman–Crippen MR) is 92.2 cm³/mol. The van der Waals surface area contributed by atoms with Crippen molar-refractivity contribution in [2.24, 2.45) is 0 Å². The highest BCUT2D eigenvalue weighted by molar-refractivity contribution is 6.32. The third kappa shape index (κ3) is 5.31. The number of esters is 1. The van der Waals surface area contributed by atoms with Crippen LogP contribution in [0.5, 0.6) is 0 Å². The summed E-state index contributed by atoms with van der Waals surface area (Å²) in [6.07, 6.45) is 0. The zero-order valence-corrected chi connectivity index (χ0v) is 14.2. The number of nitriles is 1. The van der Waals surface area contributed by atoms with Crippen molar-refractivity contribution < 1.29 is 19.1 Å². The molecule has 0 aliphatic rings. The molecule has 25 heavy (non-hydrogen) atoms. The van der Waals surface area contributed by atoms with E-state index in [1.165, 1.54) is 12.1 Å². The van der Waals surface area contributed by atoms with Crippen molar-refractivity contribution in [2.75, 3.05) is 19.0 Å². The third-order valence-corrected chi connectivity index (χ3v) is 3.49. The highest BCUT2D eigenvalue weighted by Crippen LogP contribution is 2.20. The number of ether oxygens (including phenoxy) is 2. The zero-order chi connectivity index (χ0) is 18.2. The fourth-order valence-electron chi connectivity index (χ4n) is 2.05. The molecule has 1 N–H and O–H groups in total. The largest absolute Gasteiger partial charge is 0.452 e. The fourth-order valence-corrected chi connectivity index (χ4v) is 2.27. The van der Waals surface area contributed by atoms with E-state index >= 15 is 0 Å². The second-order valence-electron chi connectivity index (χ2n) is 5.06. The predicted octanol–water partition coefficient (Wildman–Crippen LogP) is 3.15. The molecule has 2 aromatic rings. The number of carbonyl (C=O) groups is 2. The van der Waals surface area contributed by atoms with E-state index in [-0.39, 0.29) is 5.02 Å². The van der Waals surface area contributed by atoms with Crippen LogP contribution in [0.2, 0.25) is 5.02 Å². The lowest BCUT2D eigenvalue weighted by atomic mass is 10.1. The maximum Gasteiger partial charge on any atom is 0.338 e. The van der Waals surface area contributed by atoms with Gasteiger partial charge in [0.2, 0.25) is 0 Å². The lowest BCUT2D eigenvalue weighted by molar-refractivity contribution is -0.119. The van der Waals surface area contributed by atoms with Crippen LogP contribution in [0, 0.1) is 11.3 Å². The van der Waals surface area contributed by atoms with E-state index in [0.29, 0.717) is 23.4 Å². The van der Waals surface area contributed by atoms with Crippen molar-refractivity contribution in [3.63, 3.8) is 0 Å². The summed E-state index contributed by atoms with van der Waals surface area (Å²) in [7, 11) is 1.56. The minimum absolute atomic E-state index is 0.229. The minimum Gasteiger partial charge on any atom is -0.452 e. The third-order valence-electron chi connectivity index (χ3n) is 3.18. The molecule has 0 aliphatic heterocycles. The molecule has 0 bridgehead atoms. The van der Waals surface area contributed by atoms with Gasteiger partial charge in [0.15, 0.2) is 6.61 Å². The molecule has 0 fully saturated rings. The summed E-state index contributed by atoms with van der Waals surface area (Å²) in [5.41, 5.74) is 1.88. The van der Waals surface area contributed by atoms with Crippen LogP contribution in [0.4, 0.5) is 5.69 Å². The Hall–Kier alpha value is -2.88. The van der Waals surface area contributed by atoms with Gasteiger partial charge in [-0.2, -0.15) is 5.26 Å². The van der Waals surface area contributed by atoms with Gasteiger partial charge in [0.1, 0.15) is 6.07 Å². The van der Waals surface area contributed by atoms with E-state index in [1.807, 2.05) is 12.1 Å². The normalized spacial score (nSPS) is 9.96. The van der Waals surface area contributed by atoms with Crippen molar-refractivity contribution in [1.82, 2.24) is 0 Å². The van der Waals surface area contributed by atoms with Crippen molar-refractivity contribution in [2.45, 2.75) is 6.61 Å². The van der Waals surface area contributed by atoms with Crippen molar-refractivity contribution in [1.29, 1.82) is 5.26 Å². The summed E-state index contributed by atoms with van der Waals surface area (Å²) in [5.74, 6) is -1.12. The summed E-state index contributed by atoms with van der Waals surface area (Å²) >= 11 is 5.89. The molecule has 0 aliphatic carbocycles. The summed E-state index contributed by atoms with van der Waals surface area (Å²) < 4.78 is 10.00. The molecule has 0 unspecified atom stereocenters. The second-order valence-corrected chi connectivity index (χ2v) is 5.47. The number of hydrogen-bond donors (Lipinski definition) is 1. The van der Waals surface area contributed by atoms with Crippen molar-refractivity contribution >= 4 is 29.2 Å². The Bertz CT molecular complexity index is 830. The Morgan fingerprint density at radius 2 is 2.04 bits per heavy atom. The Balaban J connectivity index is 1.91. The quantitative estimate of drug-likeness (QED) is 0.801. The Kier molecular flexibility index (Phi) is 6.52. The first-order valence-corrected chi connectivity index (χ1v) is 7.66. The van der Waals surface area contributed by atoms with Gasteiger partial charge in [-0.15, -0.1) is 0 Å². The van der Waals surface area contributed by atoms with Crippen molar-refractivity contribution in [3.8, 4) is 6.07 Å². The minimum atomic E-state index is -0.606. The van der Waals surface area contributed by atoms with Gasteiger partial charge in [-0.05, 0) is 35.9 Å². The molecule has 0 atom stereocenters. The average molecular weight is 359 g/mol. The Morgan fingerprint density at radius 3 is 2.72 bits per heavy atom. The molecule has 2 aromatic carbocycles. The topological polar surface area (TPSA) is 88.4 Å². The first-order chi connectivity index (χ1) is 12.0. The standard InChI is InChI=1S/C18H15ClN2O4/c1-24-10-12-3-2-4-13(7-12)18(23)25-11-17(22)21-15-6-5-14(9-20)16(19)8-15/h2-8H,10-11H2,1H3,(H,21,22). The fraction of sp³-hybridized carbons (Fsp3) is 0.167. The molecule has 0 radical (unpaired) electrons. The van der Waals surface area contributed by atoms with E-state index in [4.69, 9.17) is 26.3 Å². The summed E-state index contributed by atoms with van der Waals surface area (Å²) in [6.45, 7) is -0.0635. The number of rotatable bonds is 6. The van der Waals surface area contributed by atoms with Crippen LogP contribution in [0.15, 0.2) is 42.5 Å². The maximum absolute atomic E-state index is 12.0. The van der Waals surface area contributed by atoms with Crippen LogP contribution >= 0.6 is 11.6 Å². The average Bonchev–Trinajstić information content (AvgIpc) is 2.60. The number of halogens is 1. The van der Waals surface area contributed by atoms with E-state index in [1.54, 1.807) is 31.4 Å². The molecule has 0 heterocycles. The van der Waals surface area contributed by atoms with Gasteiger partial charge in [-0.3, -0.25) is 4.79 Å². The highest BCUT2D eigenvalue weighted by atomic mass is 35.5. The number of nitrogens with zero attached hydrogens (tertiary/aromatic N) is 1. The molecular weight excluding hydrogens is 344 g/mol. The lowest BCUT2D eigenvalue weighted by Crippen LogP contribution is -2.21. The zero-order valence-electron chi connectivity index (χ0n) is 13.4. The van der Waals surface area contributed by atoms with Crippen LogP contribution in [0.25, 0.3) is 0 Å².